The lowest BCUT2D eigenvalue weighted by Crippen LogP contribution is -2.50. The lowest BCUT2D eigenvalue weighted by atomic mass is 10.0. The molecule has 1 atom stereocenters. The van der Waals surface area contributed by atoms with Crippen molar-refractivity contribution in [1.29, 1.82) is 0 Å². The van der Waals surface area contributed by atoms with E-state index >= 15 is 0 Å². The van der Waals surface area contributed by atoms with Crippen LogP contribution in [-0.2, 0) is 19.1 Å². The van der Waals surface area contributed by atoms with Gasteiger partial charge in [-0.15, -0.1) is 0 Å². The molecule has 7 nitrogen and oxygen atoms in total. The minimum atomic E-state index is -0.403. The van der Waals surface area contributed by atoms with Gasteiger partial charge in [0, 0.05) is 31.6 Å². The molecule has 1 fully saturated rings. The summed E-state index contributed by atoms with van der Waals surface area (Å²) in [6.45, 7) is 11.6. The Kier molecular flexibility index (Phi) is 11.2. The third-order valence-electron chi connectivity index (χ3n) is 3.98. The molecule has 1 aliphatic heterocycles. The number of esters is 1. The number of likely N-dealkylation sites (N-methyl/N-ethyl adjacent to an activating group) is 2. The van der Waals surface area contributed by atoms with E-state index in [0.29, 0.717) is 13.1 Å². The molecule has 0 aromatic heterocycles. The highest BCUT2D eigenvalue weighted by molar-refractivity contribution is 5.88. The number of rotatable bonds is 7. The zero-order valence-corrected chi connectivity index (χ0v) is 19.1. The van der Waals surface area contributed by atoms with Gasteiger partial charge in [0.1, 0.15) is 17.9 Å². The Balaban J connectivity index is 0.000000521. The van der Waals surface area contributed by atoms with Crippen LogP contribution in [0.1, 0.15) is 34.6 Å². The highest BCUT2D eigenvalue weighted by atomic mass is 16.6. The van der Waals surface area contributed by atoms with Gasteiger partial charge in [-0.1, -0.05) is 19.9 Å². The molecule has 0 aliphatic carbocycles. The van der Waals surface area contributed by atoms with Crippen molar-refractivity contribution in [2.75, 3.05) is 47.8 Å². The molecule has 0 spiro atoms. The number of likely N-dealkylation sites (tertiary alicyclic amines) is 1. The van der Waals surface area contributed by atoms with Crippen LogP contribution in [0, 0.1) is 11.8 Å². The highest BCUT2D eigenvalue weighted by Crippen LogP contribution is 2.15. The molecule has 1 aliphatic rings. The second-order valence-corrected chi connectivity index (χ2v) is 8.99. The second-order valence-electron chi connectivity index (χ2n) is 8.99. The molecular formula is C21H39N3O4. The summed E-state index contributed by atoms with van der Waals surface area (Å²) in [5.41, 5.74) is -0.403. The van der Waals surface area contributed by atoms with Crippen LogP contribution in [-0.4, -0.2) is 92.3 Å². The summed E-state index contributed by atoms with van der Waals surface area (Å²) < 4.78 is 5.34. The normalized spacial score (nSPS) is 16.1. The van der Waals surface area contributed by atoms with Gasteiger partial charge in [-0.25, -0.2) is 0 Å². The molecule has 1 saturated heterocycles. The predicted molar refractivity (Wildman–Crippen MR) is 112 cm³/mol. The van der Waals surface area contributed by atoms with Crippen LogP contribution < -0.4 is 0 Å². The van der Waals surface area contributed by atoms with Crippen molar-refractivity contribution >= 4 is 18.2 Å². The van der Waals surface area contributed by atoms with Gasteiger partial charge in [-0.2, -0.15) is 0 Å². The summed E-state index contributed by atoms with van der Waals surface area (Å²) in [4.78, 5) is 39.0. The van der Waals surface area contributed by atoms with Crippen LogP contribution in [0.2, 0.25) is 0 Å². The quantitative estimate of drug-likeness (QED) is 0.370. The topological polar surface area (TPSA) is 70.2 Å². The fraction of sp³-hybridized carbons (Fsp3) is 0.762. The Morgan fingerprint density at radius 1 is 1.14 bits per heavy atom. The smallest absolute Gasteiger partial charge is 0.324 e. The number of carbonyl (C=O) groups is 3. The van der Waals surface area contributed by atoms with E-state index in [9.17, 15) is 14.4 Å². The summed E-state index contributed by atoms with van der Waals surface area (Å²) in [6.07, 6.45) is 4.31. The standard InChI is InChI=1S/C11H23NO2.C10H16N2O2/c1-8(2)9(12(6)7)10(13)14-11(3,4)5;1-11(2)5-3-4-10(14)12-6-9(7-12)8-13/h8-9H,1-7H3;3-4,8-9H,5-7H2,1-2H3/b;4-3+. The number of hydrogen-bond acceptors (Lipinski definition) is 6. The molecule has 28 heavy (non-hydrogen) atoms. The van der Waals surface area contributed by atoms with Crippen LogP contribution in [0.4, 0.5) is 0 Å². The number of amides is 1. The number of hydrogen-bond donors (Lipinski definition) is 0. The number of ether oxygens (including phenoxy) is 1. The molecular weight excluding hydrogens is 358 g/mol. The molecule has 0 saturated carbocycles. The Labute approximate surface area is 170 Å². The van der Waals surface area contributed by atoms with Crippen molar-refractivity contribution in [2.24, 2.45) is 11.8 Å². The van der Waals surface area contributed by atoms with E-state index in [0.717, 1.165) is 12.8 Å². The Morgan fingerprint density at radius 3 is 2.04 bits per heavy atom. The van der Waals surface area contributed by atoms with E-state index in [2.05, 4.69) is 0 Å². The molecule has 1 rings (SSSR count). The summed E-state index contributed by atoms with van der Waals surface area (Å²) in [7, 11) is 7.69. The van der Waals surface area contributed by atoms with Gasteiger partial charge in [0.15, 0.2) is 0 Å². The fourth-order valence-corrected chi connectivity index (χ4v) is 2.69. The second kappa shape index (κ2) is 12.0. The fourth-order valence-electron chi connectivity index (χ4n) is 2.69. The summed E-state index contributed by atoms with van der Waals surface area (Å²) in [6, 6.07) is -0.158. The van der Waals surface area contributed by atoms with Gasteiger partial charge >= 0.3 is 5.97 Å². The minimum absolute atomic E-state index is 0.00458. The van der Waals surface area contributed by atoms with E-state index in [1.54, 1.807) is 11.0 Å². The number of carbonyl (C=O) groups excluding carboxylic acids is 3. The SMILES string of the molecule is CC(C)C(C(=O)OC(C)(C)C)N(C)C.CN(C)C/C=C/C(=O)N1CC(C=O)C1. The molecule has 1 heterocycles. The Bertz CT molecular complexity index is 522. The maximum Gasteiger partial charge on any atom is 0.324 e. The third kappa shape index (κ3) is 10.6. The van der Waals surface area contributed by atoms with Crippen LogP contribution in [0.25, 0.3) is 0 Å². The minimum Gasteiger partial charge on any atom is -0.459 e. The Morgan fingerprint density at radius 2 is 1.68 bits per heavy atom. The first-order valence-corrected chi connectivity index (χ1v) is 9.73. The van der Waals surface area contributed by atoms with Crippen molar-refractivity contribution in [3.63, 3.8) is 0 Å². The van der Waals surface area contributed by atoms with E-state index in [4.69, 9.17) is 4.74 Å². The molecule has 0 bridgehead atoms. The lowest BCUT2D eigenvalue weighted by Gasteiger charge is -2.35. The van der Waals surface area contributed by atoms with Gasteiger partial charge in [0.2, 0.25) is 5.91 Å². The molecule has 0 aromatic rings. The molecule has 0 N–H and O–H groups in total. The molecule has 162 valence electrons. The average molecular weight is 398 g/mol. The van der Waals surface area contributed by atoms with Gasteiger partial charge in [0.25, 0.3) is 0 Å². The monoisotopic (exact) mass is 397 g/mol. The van der Waals surface area contributed by atoms with Crippen LogP contribution in [0.15, 0.2) is 12.2 Å². The van der Waals surface area contributed by atoms with Gasteiger partial charge in [-0.3, -0.25) is 14.5 Å². The predicted octanol–water partition coefficient (Wildman–Crippen LogP) is 1.68. The van der Waals surface area contributed by atoms with Crippen molar-refractivity contribution in [2.45, 2.75) is 46.3 Å². The lowest BCUT2D eigenvalue weighted by molar-refractivity contribution is -0.162. The van der Waals surface area contributed by atoms with Crippen molar-refractivity contribution in [1.82, 2.24) is 14.7 Å². The third-order valence-corrected chi connectivity index (χ3v) is 3.98. The largest absolute Gasteiger partial charge is 0.459 e. The maximum absolute atomic E-state index is 11.8. The maximum atomic E-state index is 11.8. The van der Waals surface area contributed by atoms with Gasteiger partial charge in [0.05, 0.1) is 0 Å². The number of aldehydes is 1. The zero-order valence-electron chi connectivity index (χ0n) is 19.1. The molecule has 1 unspecified atom stereocenters. The highest BCUT2D eigenvalue weighted by Gasteiger charge is 2.29. The summed E-state index contributed by atoms with van der Waals surface area (Å²) in [5, 5.41) is 0. The van der Waals surface area contributed by atoms with Crippen molar-refractivity contribution in [3.8, 4) is 0 Å². The summed E-state index contributed by atoms with van der Waals surface area (Å²) >= 11 is 0. The molecule has 0 aromatic carbocycles. The van der Waals surface area contributed by atoms with E-state index in [1.165, 1.54) is 0 Å². The van der Waals surface area contributed by atoms with Crippen LogP contribution in [0.5, 0.6) is 0 Å². The van der Waals surface area contributed by atoms with Crippen molar-refractivity contribution < 1.29 is 19.1 Å². The average Bonchev–Trinajstić information content (AvgIpc) is 2.43. The molecule has 0 radical (unpaired) electrons. The first-order chi connectivity index (χ1) is 12.8. The van der Waals surface area contributed by atoms with Gasteiger partial charge in [-0.05, 0) is 54.9 Å². The first-order valence-electron chi connectivity index (χ1n) is 9.73. The van der Waals surface area contributed by atoms with Crippen LogP contribution >= 0.6 is 0 Å². The zero-order chi connectivity index (χ0) is 22.1. The Hall–Kier alpha value is -1.73. The van der Waals surface area contributed by atoms with Crippen LogP contribution in [0.3, 0.4) is 0 Å². The van der Waals surface area contributed by atoms with Gasteiger partial charge < -0.3 is 19.3 Å². The molecule has 1 amide bonds. The van der Waals surface area contributed by atoms with E-state index in [1.807, 2.05) is 78.7 Å². The van der Waals surface area contributed by atoms with Crippen molar-refractivity contribution in [3.05, 3.63) is 12.2 Å². The molecule has 7 heteroatoms. The van der Waals surface area contributed by atoms with E-state index in [-0.39, 0.29) is 29.8 Å². The van der Waals surface area contributed by atoms with E-state index < -0.39 is 5.60 Å². The first kappa shape index (κ1) is 26.3. The number of nitrogens with zero attached hydrogens (tertiary/aromatic N) is 3. The summed E-state index contributed by atoms with van der Waals surface area (Å²) in [5.74, 6) is 0.184.